The minimum Gasteiger partial charge on any atom is -0.494 e. The number of hydrogen-bond donors (Lipinski definition) is 3. The lowest BCUT2D eigenvalue weighted by molar-refractivity contribution is -0.122. The number of rotatable bonds is 1. The summed E-state index contributed by atoms with van der Waals surface area (Å²) in [5.74, 6) is -0.332. The molecule has 0 aliphatic carbocycles. The van der Waals surface area contributed by atoms with E-state index in [2.05, 4.69) is 5.32 Å². The predicted octanol–water partition coefficient (Wildman–Crippen LogP) is -0.0397. The normalized spacial score (nSPS) is 21.8. The third-order valence-electron chi connectivity index (χ3n) is 2.21. The van der Waals surface area contributed by atoms with E-state index in [-0.39, 0.29) is 17.7 Å². The first-order chi connectivity index (χ1) is 6.20. The van der Waals surface area contributed by atoms with E-state index in [4.69, 9.17) is 0 Å². The van der Waals surface area contributed by atoms with Crippen LogP contribution in [0.1, 0.15) is 12.5 Å². The van der Waals surface area contributed by atoms with Gasteiger partial charge in [0.2, 0.25) is 5.91 Å². The van der Waals surface area contributed by atoms with Gasteiger partial charge >= 0.3 is 0 Å². The van der Waals surface area contributed by atoms with Crippen LogP contribution in [-0.4, -0.2) is 27.2 Å². The highest BCUT2D eigenvalue weighted by molar-refractivity contribution is 5.82. The summed E-state index contributed by atoms with van der Waals surface area (Å²) in [6, 6.07) is 2.25. The Kier molecular flexibility index (Phi) is 1.65. The highest BCUT2D eigenvalue weighted by Crippen LogP contribution is 2.29. The number of aromatic nitrogens is 1. The molecule has 1 atom stereocenters. The summed E-state index contributed by atoms with van der Waals surface area (Å²) in [6.07, 6.45) is 0.592. The van der Waals surface area contributed by atoms with Crippen LogP contribution in [0, 0.1) is 0 Å². The molecule has 0 radical (unpaired) electrons. The van der Waals surface area contributed by atoms with Crippen molar-refractivity contribution in [2.45, 2.75) is 12.5 Å². The largest absolute Gasteiger partial charge is 0.494 e. The Bertz CT molecular complexity index is 326. The fraction of sp³-hybridized carbons (Fsp3) is 0.375. The number of aromatic hydroxyl groups is 2. The van der Waals surface area contributed by atoms with E-state index in [1.807, 2.05) is 0 Å². The van der Waals surface area contributed by atoms with Crippen LogP contribution >= 0.6 is 0 Å². The molecule has 1 saturated heterocycles. The molecule has 3 N–H and O–H groups in total. The Morgan fingerprint density at radius 1 is 1.38 bits per heavy atom. The fourth-order valence-corrected chi connectivity index (χ4v) is 1.57. The predicted molar refractivity (Wildman–Crippen MR) is 44.4 cm³/mol. The third kappa shape index (κ3) is 1.12. The Labute approximate surface area is 74.6 Å². The number of amides is 1. The first-order valence-electron chi connectivity index (χ1n) is 4.07. The Morgan fingerprint density at radius 2 is 2.00 bits per heavy atom. The molecule has 2 rings (SSSR count). The summed E-state index contributed by atoms with van der Waals surface area (Å²) in [4.78, 5) is 11.2. The Balaban J connectivity index is 2.39. The zero-order valence-electron chi connectivity index (χ0n) is 6.90. The molecular formula is C8H10N2O3. The summed E-state index contributed by atoms with van der Waals surface area (Å²) in [7, 11) is 0. The molecule has 0 aromatic carbocycles. The van der Waals surface area contributed by atoms with Crippen molar-refractivity contribution < 1.29 is 15.0 Å². The average molecular weight is 182 g/mol. The first-order valence-corrected chi connectivity index (χ1v) is 4.07. The number of carbonyl (C=O) groups is 1. The number of nitrogens with zero attached hydrogens (tertiary/aromatic N) is 1. The van der Waals surface area contributed by atoms with Gasteiger partial charge in [0.25, 0.3) is 0 Å². The molecule has 0 bridgehead atoms. The molecule has 1 unspecified atom stereocenters. The van der Waals surface area contributed by atoms with Crippen LogP contribution in [0.15, 0.2) is 12.1 Å². The fourth-order valence-electron chi connectivity index (χ4n) is 1.57. The van der Waals surface area contributed by atoms with Crippen molar-refractivity contribution in [3.63, 3.8) is 0 Å². The van der Waals surface area contributed by atoms with Crippen molar-refractivity contribution in [2.24, 2.45) is 0 Å². The van der Waals surface area contributed by atoms with Crippen molar-refractivity contribution in [1.82, 2.24) is 9.88 Å². The minimum absolute atomic E-state index is 0.0837. The number of carbonyl (C=O) groups excluding carboxylic acids is 1. The summed E-state index contributed by atoms with van der Waals surface area (Å²) >= 11 is 0. The molecule has 5 heteroatoms. The van der Waals surface area contributed by atoms with Crippen LogP contribution < -0.4 is 5.32 Å². The van der Waals surface area contributed by atoms with Gasteiger partial charge in [-0.1, -0.05) is 0 Å². The molecule has 1 aliphatic heterocycles. The summed E-state index contributed by atoms with van der Waals surface area (Å²) in [6.45, 7) is 0.584. The van der Waals surface area contributed by atoms with Gasteiger partial charge in [0, 0.05) is 18.7 Å². The second-order valence-corrected chi connectivity index (χ2v) is 3.02. The van der Waals surface area contributed by atoms with E-state index in [9.17, 15) is 15.0 Å². The lowest BCUT2D eigenvalue weighted by Crippen LogP contribution is -2.21. The highest BCUT2D eigenvalue weighted by Gasteiger charge is 2.28. The summed E-state index contributed by atoms with van der Waals surface area (Å²) < 4.78 is 1.22. The molecule has 1 aromatic heterocycles. The van der Waals surface area contributed by atoms with Gasteiger partial charge in [-0.2, -0.15) is 0 Å². The van der Waals surface area contributed by atoms with Crippen LogP contribution in [0.5, 0.6) is 11.8 Å². The van der Waals surface area contributed by atoms with E-state index in [0.717, 1.165) is 0 Å². The molecule has 1 aliphatic rings. The maximum Gasteiger partial charge on any atom is 0.243 e. The van der Waals surface area contributed by atoms with E-state index in [0.29, 0.717) is 13.0 Å². The SMILES string of the molecule is O=C1NCCC1n1c(O)ccc1O. The van der Waals surface area contributed by atoms with Crippen LogP contribution in [0.25, 0.3) is 0 Å². The van der Waals surface area contributed by atoms with Crippen molar-refractivity contribution in [3.8, 4) is 11.8 Å². The summed E-state index contributed by atoms with van der Waals surface area (Å²) in [5, 5.41) is 21.3. The molecule has 0 spiro atoms. The molecule has 0 saturated carbocycles. The molecular weight excluding hydrogens is 172 g/mol. The average Bonchev–Trinajstić information content (AvgIpc) is 2.60. The zero-order valence-corrected chi connectivity index (χ0v) is 6.90. The quantitative estimate of drug-likeness (QED) is 0.570. The number of nitrogens with one attached hydrogen (secondary N) is 1. The monoisotopic (exact) mass is 182 g/mol. The molecule has 70 valence electrons. The van der Waals surface area contributed by atoms with Gasteiger partial charge < -0.3 is 15.5 Å². The Morgan fingerprint density at radius 3 is 2.46 bits per heavy atom. The maximum absolute atomic E-state index is 11.2. The van der Waals surface area contributed by atoms with E-state index in [1.54, 1.807) is 0 Å². The second-order valence-electron chi connectivity index (χ2n) is 3.02. The second kappa shape index (κ2) is 2.69. The van der Waals surface area contributed by atoms with Crippen molar-refractivity contribution in [1.29, 1.82) is 0 Å². The van der Waals surface area contributed by atoms with E-state index < -0.39 is 6.04 Å². The van der Waals surface area contributed by atoms with Gasteiger partial charge in [-0.25, -0.2) is 0 Å². The van der Waals surface area contributed by atoms with E-state index in [1.165, 1.54) is 16.7 Å². The standard InChI is InChI=1S/C8H10N2O3/c11-6-1-2-7(12)10(6)5-3-4-9-8(5)13/h1-2,5,11-12H,3-4H2,(H,9,13). The van der Waals surface area contributed by atoms with Crippen molar-refractivity contribution in [3.05, 3.63) is 12.1 Å². The van der Waals surface area contributed by atoms with Gasteiger partial charge in [-0.15, -0.1) is 0 Å². The molecule has 1 fully saturated rings. The first kappa shape index (κ1) is 7.97. The van der Waals surface area contributed by atoms with Gasteiger partial charge in [0.15, 0.2) is 11.8 Å². The smallest absolute Gasteiger partial charge is 0.243 e. The van der Waals surface area contributed by atoms with Gasteiger partial charge in [0.05, 0.1) is 0 Å². The Hall–Kier alpha value is -1.65. The topological polar surface area (TPSA) is 74.5 Å². The van der Waals surface area contributed by atoms with Crippen LogP contribution in [-0.2, 0) is 4.79 Å². The van der Waals surface area contributed by atoms with Crippen molar-refractivity contribution in [2.75, 3.05) is 6.54 Å². The number of hydrogen-bond acceptors (Lipinski definition) is 3. The van der Waals surface area contributed by atoms with Gasteiger partial charge in [0.1, 0.15) is 6.04 Å². The van der Waals surface area contributed by atoms with Crippen LogP contribution in [0.4, 0.5) is 0 Å². The lowest BCUT2D eigenvalue weighted by Gasteiger charge is -2.11. The molecule has 2 heterocycles. The molecule has 1 aromatic rings. The van der Waals surface area contributed by atoms with E-state index >= 15 is 0 Å². The van der Waals surface area contributed by atoms with Crippen molar-refractivity contribution >= 4 is 5.91 Å². The minimum atomic E-state index is -0.477. The third-order valence-corrected chi connectivity index (χ3v) is 2.21. The van der Waals surface area contributed by atoms with Gasteiger partial charge in [-0.3, -0.25) is 9.36 Å². The zero-order chi connectivity index (χ0) is 9.42. The molecule has 5 nitrogen and oxygen atoms in total. The summed E-state index contributed by atoms with van der Waals surface area (Å²) in [5.41, 5.74) is 0. The van der Waals surface area contributed by atoms with Crippen LogP contribution in [0.2, 0.25) is 0 Å². The lowest BCUT2D eigenvalue weighted by atomic mass is 10.2. The highest BCUT2D eigenvalue weighted by atomic mass is 16.3. The maximum atomic E-state index is 11.2. The van der Waals surface area contributed by atoms with Crippen LogP contribution in [0.3, 0.4) is 0 Å². The molecule has 1 amide bonds. The molecule has 13 heavy (non-hydrogen) atoms. The van der Waals surface area contributed by atoms with Gasteiger partial charge in [-0.05, 0) is 6.42 Å².